The van der Waals surface area contributed by atoms with Crippen LogP contribution in [0.5, 0.6) is 0 Å². The standard InChI is InChI=1S/2C28H46O2/c2*1-18(2)8-7-9-19(3)21-12-13-22-20-10-11-24-26(30-6)25(29)15-17-28(24,5)23(20)14-16-27(21,22)4/h2*18-23H,7-17H2,1-6H3/t2*19-,20+,21-,22+,23+,27-,28-/m11/s1. The van der Waals surface area contributed by atoms with Crippen LogP contribution in [0.4, 0.5) is 0 Å². The van der Waals surface area contributed by atoms with Gasteiger partial charge in [0.15, 0.2) is 23.1 Å². The lowest BCUT2D eigenvalue weighted by Crippen LogP contribution is -2.51. The van der Waals surface area contributed by atoms with Crippen LogP contribution in [-0.2, 0) is 19.1 Å². The molecule has 0 aromatic rings. The molecule has 0 aliphatic heterocycles. The lowest BCUT2D eigenvalue weighted by molar-refractivity contribution is -0.123. The number of allylic oxidation sites excluding steroid dienone is 2. The Morgan fingerprint density at radius 3 is 1.22 bits per heavy atom. The Morgan fingerprint density at radius 2 is 0.867 bits per heavy atom. The van der Waals surface area contributed by atoms with E-state index in [0.717, 1.165) is 108 Å². The van der Waals surface area contributed by atoms with E-state index in [1.165, 1.54) is 114 Å². The molecule has 6 fully saturated rings. The Hall–Kier alpha value is -1.58. The molecular formula is C56H92O4. The van der Waals surface area contributed by atoms with Gasteiger partial charge in [-0.15, -0.1) is 0 Å². The van der Waals surface area contributed by atoms with Crippen LogP contribution in [0.1, 0.15) is 210 Å². The van der Waals surface area contributed by atoms with Gasteiger partial charge in [-0.3, -0.25) is 9.59 Å². The molecule has 340 valence electrons. The predicted molar refractivity (Wildman–Crippen MR) is 248 cm³/mol. The minimum Gasteiger partial charge on any atom is -0.493 e. The molecule has 6 saturated carbocycles. The summed E-state index contributed by atoms with van der Waals surface area (Å²) in [7, 11) is 3.41. The van der Waals surface area contributed by atoms with Crippen molar-refractivity contribution < 1.29 is 19.1 Å². The summed E-state index contributed by atoms with van der Waals surface area (Å²) in [5.41, 5.74) is 4.25. The highest BCUT2D eigenvalue weighted by molar-refractivity contribution is 5.96. The van der Waals surface area contributed by atoms with Gasteiger partial charge >= 0.3 is 0 Å². The lowest BCUT2D eigenvalue weighted by Gasteiger charge is -2.58. The van der Waals surface area contributed by atoms with Crippen molar-refractivity contribution in [3.63, 3.8) is 0 Å². The first kappa shape index (κ1) is 46.4. The number of ether oxygens (including phenoxy) is 2. The summed E-state index contributed by atoms with van der Waals surface area (Å²) >= 11 is 0. The summed E-state index contributed by atoms with van der Waals surface area (Å²) in [4.78, 5) is 25.0. The van der Waals surface area contributed by atoms with E-state index in [4.69, 9.17) is 9.47 Å². The molecule has 0 bridgehead atoms. The number of methoxy groups -OCH3 is 2. The Labute approximate surface area is 369 Å². The predicted octanol–water partition coefficient (Wildman–Crippen LogP) is 15.1. The van der Waals surface area contributed by atoms with Gasteiger partial charge in [-0.25, -0.2) is 0 Å². The molecule has 8 aliphatic rings. The van der Waals surface area contributed by atoms with Gasteiger partial charge in [0, 0.05) is 12.8 Å². The molecule has 0 saturated heterocycles. The molecule has 0 spiro atoms. The first-order valence-corrected chi connectivity index (χ1v) is 26.1. The monoisotopic (exact) mass is 829 g/mol. The number of hydrogen-bond acceptors (Lipinski definition) is 4. The SMILES string of the molecule is COC1=C2CC[C@H]3[C@@H]4CC[C@H]([C@H](C)CCCC(C)C)[C@@]4(C)CC[C@@H]3[C@@]2(C)CCC1=O.COC1=C2CC[C@H]3[C@@H]4CC[C@H]([C@H](C)CCCC(C)C)[C@@]4(C)CC[C@@H]3[C@@]2(C)CCC1=O. The third-order valence-corrected chi connectivity index (χ3v) is 21.0. The molecule has 0 heterocycles. The van der Waals surface area contributed by atoms with E-state index in [2.05, 4.69) is 69.2 Å². The minimum absolute atomic E-state index is 0.199. The Bertz CT molecular complexity index is 1500. The molecule has 4 heteroatoms. The second kappa shape index (κ2) is 18.1. The Kier molecular flexibility index (Phi) is 14.0. The van der Waals surface area contributed by atoms with Gasteiger partial charge in [0.2, 0.25) is 0 Å². The zero-order chi connectivity index (χ0) is 43.4. The highest BCUT2D eigenvalue weighted by atomic mass is 16.5. The highest BCUT2D eigenvalue weighted by Gasteiger charge is 2.62. The van der Waals surface area contributed by atoms with Gasteiger partial charge in [-0.2, -0.15) is 0 Å². The van der Waals surface area contributed by atoms with Gasteiger partial charge in [-0.1, -0.05) is 108 Å². The van der Waals surface area contributed by atoms with Gasteiger partial charge in [0.1, 0.15) is 0 Å². The van der Waals surface area contributed by atoms with Crippen molar-refractivity contribution in [3.8, 4) is 0 Å². The number of rotatable bonds is 12. The van der Waals surface area contributed by atoms with Gasteiger partial charge < -0.3 is 9.47 Å². The van der Waals surface area contributed by atoms with E-state index in [-0.39, 0.29) is 22.4 Å². The first-order valence-electron chi connectivity index (χ1n) is 26.1. The second-order valence-electron chi connectivity index (χ2n) is 24.6. The number of hydrogen-bond donors (Lipinski definition) is 0. The molecule has 14 atom stereocenters. The number of fused-ring (bicyclic) bond motifs is 10. The zero-order valence-electron chi connectivity index (χ0n) is 41.1. The van der Waals surface area contributed by atoms with Gasteiger partial charge in [0.05, 0.1) is 14.2 Å². The summed E-state index contributed by atoms with van der Waals surface area (Å²) < 4.78 is 11.3. The zero-order valence-corrected chi connectivity index (χ0v) is 41.1. The van der Waals surface area contributed by atoms with E-state index in [1.54, 1.807) is 14.2 Å². The van der Waals surface area contributed by atoms with Crippen molar-refractivity contribution in [2.45, 2.75) is 210 Å². The van der Waals surface area contributed by atoms with Crippen LogP contribution in [-0.4, -0.2) is 25.8 Å². The van der Waals surface area contributed by atoms with E-state index in [9.17, 15) is 9.59 Å². The Balaban J connectivity index is 0.000000181. The molecule has 0 amide bonds. The van der Waals surface area contributed by atoms with Gasteiger partial charge in [-0.05, 0) is 194 Å². The molecule has 0 radical (unpaired) electrons. The molecular weight excluding hydrogens is 737 g/mol. The molecule has 8 aliphatic carbocycles. The van der Waals surface area contributed by atoms with Crippen LogP contribution < -0.4 is 0 Å². The molecule has 0 aromatic carbocycles. The van der Waals surface area contributed by atoms with Crippen LogP contribution in [0.2, 0.25) is 0 Å². The van der Waals surface area contributed by atoms with Crippen LogP contribution in [0.25, 0.3) is 0 Å². The summed E-state index contributed by atoms with van der Waals surface area (Å²) in [5, 5.41) is 0. The summed E-state index contributed by atoms with van der Waals surface area (Å²) in [6.07, 6.45) is 27.9. The highest BCUT2D eigenvalue weighted by Crippen LogP contribution is 2.70. The molecule has 60 heavy (non-hydrogen) atoms. The maximum atomic E-state index is 12.5. The molecule has 0 aromatic heterocycles. The molecule has 0 N–H and O–H groups in total. The summed E-state index contributed by atoms with van der Waals surface area (Å²) in [6.45, 7) is 24.9. The maximum absolute atomic E-state index is 12.5. The second-order valence-corrected chi connectivity index (χ2v) is 24.6. The van der Waals surface area contributed by atoms with Crippen molar-refractivity contribution in [1.82, 2.24) is 0 Å². The quantitative estimate of drug-likeness (QED) is 0.197. The van der Waals surface area contributed by atoms with E-state index in [0.29, 0.717) is 23.7 Å². The van der Waals surface area contributed by atoms with Crippen molar-refractivity contribution in [2.24, 2.45) is 92.7 Å². The fourth-order valence-corrected chi connectivity index (χ4v) is 17.9. The topological polar surface area (TPSA) is 52.6 Å². The average molecular weight is 829 g/mol. The minimum atomic E-state index is 0.199. The summed E-state index contributed by atoms with van der Waals surface area (Å²) in [5.74, 6) is 12.3. The molecule has 8 rings (SSSR count). The van der Waals surface area contributed by atoms with Crippen LogP contribution >= 0.6 is 0 Å². The third kappa shape index (κ3) is 8.08. The smallest absolute Gasteiger partial charge is 0.197 e. The molecule has 4 nitrogen and oxygen atoms in total. The van der Waals surface area contributed by atoms with Crippen LogP contribution in [0, 0.1) is 92.7 Å². The number of Topliss-reactive ketones (excluding diaryl/α,β-unsaturated/α-hetero) is 2. The number of carbonyl (C=O) groups excluding carboxylic acids is 2. The number of ketones is 2. The average Bonchev–Trinajstić information content (AvgIpc) is 3.75. The maximum Gasteiger partial charge on any atom is 0.197 e. The summed E-state index contributed by atoms with van der Waals surface area (Å²) in [6, 6.07) is 0. The fraction of sp³-hybridized carbons (Fsp3) is 0.893. The van der Waals surface area contributed by atoms with E-state index < -0.39 is 0 Å². The van der Waals surface area contributed by atoms with Crippen molar-refractivity contribution in [2.75, 3.05) is 14.2 Å². The van der Waals surface area contributed by atoms with Crippen LogP contribution in [0.15, 0.2) is 22.7 Å². The molecule has 0 unspecified atom stereocenters. The van der Waals surface area contributed by atoms with Crippen LogP contribution in [0.3, 0.4) is 0 Å². The third-order valence-electron chi connectivity index (χ3n) is 21.0. The number of carbonyl (C=O) groups is 2. The largest absolute Gasteiger partial charge is 0.493 e. The van der Waals surface area contributed by atoms with E-state index >= 15 is 0 Å². The first-order chi connectivity index (χ1) is 28.4. The van der Waals surface area contributed by atoms with Crippen molar-refractivity contribution in [3.05, 3.63) is 22.7 Å². The van der Waals surface area contributed by atoms with Gasteiger partial charge in [0.25, 0.3) is 0 Å². The lowest BCUT2D eigenvalue weighted by atomic mass is 9.46. The van der Waals surface area contributed by atoms with E-state index in [1.807, 2.05) is 0 Å². The van der Waals surface area contributed by atoms with Crippen molar-refractivity contribution in [1.29, 1.82) is 0 Å². The Morgan fingerprint density at radius 1 is 0.483 bits per heavy atom. The fourth-order valence-electron chi connectivity index (χ4n) is 17.9. The normalized spacial score (nSPS) is 42.0. The van der Waals surface area contributed by atoms with Crippen molar-refractivity contribution >= 4 is 11.6 Å².